The van der Waals surface area contributed by atoms with Gasteiger partial charge in [-0.05, 0) is 111 Å². The monoisotopic (exact) mass is 433 g/mol. The average Bonchev–Trinajstić information content (AvgIpc) is 3.06. The van der Waals surface area contributed by atoms with Gasteiger partial charge in [0.1, 0.15) is 0 Å². The van der Waals surface area contributed by atoms with Crippen LogP contribution in [0.2, 0.25) is 0 Å². The molecule has 4 aliphatic carbocycles. The summed E-state index contributed by atoms with van der Waals surface area (Å²) in [7, 11) is 0. The highest BCUT2D eigenvalue weighted by Gasteiger charge is 2.59. The van der Waals surface area contributed by atoms with E-state index in [-0.39, 0.29) is 5.91 Å². The van der Waals surface area contributed by atoms with Crippen LogP contribution in [0, 0.1) is 40.4 Å². The van der Waals surface area contributed by atoms with Crippen molar-refractivity contribution in [3.05, 3.63) is 0 Å². The van der Waals surface area contributed by atoms with Crippen molar-refractivity contribution in [3.63, 3.8) is 0 Å². The van der Waals surface area contributed by atoms with Crippen LogP contribution >= 0.6 is 0 Å². The molecule has 0 saturated heterocycles. The predicted octanol–water partition coefficient (Wildman–Crippen LogP) is 6.43. The molecule has 4 saturated carbocycles. The van der Waals surface area contributed by atoms with Crippen LogP contribution in [-0.2, 0) is 9.59 Å². The summed E-state index contributed by atoms with van der Waals surface area (Å²) in [6, 6.07) is 0.390. The zero-order valence-electron chi connectivity index (χ0n) is 20.7. The third-order valence-electron chi connectivity index (χ3n) is 10.2. The van der Waals surface area contributed by atoms with Crippen molar-refractivity contribution in [2.24, 2.45) is 40.4 Å². The Bertz CT molecular complexity index is 648. The number of nitrogens with one attached hydrogen (secondary N) is 1. The number of aliphatic carboxylic acids is 1. The number of carbonyl (C=O) groups excluding carboxylic acids is 1. The lowest BCUT2D eigenvalue weighted by Gasteiger charge is -2.61. The van der Waals surface area contributed by atoms with Gasteiger partial charge >= 0.3 is 5.97 Å². The molecule has 0 aromatic carbocycles. The summed E-state index contributed by atoms with van der Waals surface area (Å²) in [5.41, 5.74) is 0.900. The molecule has 2 N–H and O–H groups in total. The summed E-state index contributed by atoms with van der Waals surface area (Å²) in [5.74, 6) is 3.56. The second kappa shape index (κ2) is 9.83. The summed E-state index contributed by atoms with van der Waals surface area (Å²) < 4.78 is 0. The predicted molar refractivity (Wildman–Crippen MR) is 126 cm³/mol. The number of carboxylic acids is 1. The second-order valence-electron chi connectivity index (χ2n) is 11.4. The molecule has 178 valence electrons. The van der Waals surface area contributed by atoms with E-state index >= 15 is 0 Å². The van der Waals surface area contributed by atoms with Gasteiger partial charge in [0, 0.05) is 19.4 Å². The lowest BCUT2D eigenvalue weighted by Crippen LogP contribution is -2.55. The minimum absolute atomic E-state index is 0.126. The lowest BCUT2D eigenvalue weighted by molar-refractivity contribution is -0.137. The molecular formula is C27H47NO3. The number of carbonyl (C=O) groups is 2. The van der Waals surface area contributed by atoms with Gasteiger partial charge in [0.25, 0.3) is 0 Å². The van der Waals surface area contributed by atoms with Crippen LogP contribution in [0.5, 0.6) is 0 Å². The summed E-state index contributed by atoms with van der Waals surface area (Å²) in [6.07, 6.45) is 14.0. The van der Waals surface area contributed by atoms with Gasteiger partial charge in [0.15, 0.2) is 0 Å². The summed E-state index contributed by atoms with van der Waals surface area (Å²) >= 11 is 0. The van der Waals surface area contributed by atoms with Crippen molar-refractivity contribution in [1.29, 1.82) is 0 Å². The first-order chi connectivity index (χ1) is 14.7. The van der Waals surface area contributed by atoms with Crippen LogP contribution in [0.3, 0.4) is 0 Å². The van der Waals surface area contributed by atoms with Crippen LogP contribution < -0.4 is 5.32 Å². The number of fused-ring (bicyclic) bond motifs is 5. The molecule has 0 bridgehead atoms. The molecule has 1 amide bonds. The average molecular weight is 434 g/mol. The standard InChI is InChI=1S/C25H41NO3.C2H6/c1-16(27)26-19-11-13-25(3)18(15-19)7-9-20-21-10-8-17(5-4-6-23(28)29)24(21,2)14-12-22(20)25;1-2/h17-22H,4-15H2,1-3H3,(H,26,27)(H,28,29);1-2H3. The fourth-order valence-corrected chi connectivity index (χ4v) is 8.76. The SMILES string of the molecule is CC.CC(=O)NC1CCC2(C)C(CCC3C4CCC(CCCC(=O)O)C4(C)CCC32)C1. The molecule has 4 nitrogen and oxygen atoms in total. The fraction of sp³-hybridized carbons (Fsp3) is 0.926. The van der Waals surface area contributed by atoms with Crippen LogP contribution in [0.1, 0.15) is 112 Å². The first kappa shape index (κ1) is 24.6. The fourth-order valence-electron chi connectivity index (χ4n) is 8.76. The molecule has 31 heavy (non-hydrogen) atoms. The van der Waals surface area contributed by atoms with Crippen molar-refractivity contribution < 1.29 is 14.7 Å². The number of hydrogen-bond donors (Lipinski definition) is 2. The van der Waals surface area contributed by atoms with E-state index < -0.39 is 5.97 Å². The van der Waals surface area contributed by atoms with Gasteiger partial charge in [0.2, 0.25) is 5.91 Å². The van der Waals surface area contributed by atoms with E-state index in [1.807, 2.05) is 13.8 Å². The number of amides is 1. The third-order valence-corrected chi connectivity index (χ3v) is 10.2. The van der Waals surface area contributed by atoms with Gasteiger partial charge in [0.05, 0.1) is 0 Å². The zero-order chi connectivity index (χ0) is 22.8. The first-order valence-corrected chi connectivity index (χ1v) is 13.2. The first-order valence-electron chi connectivity index (χ1n) is 13.2. The smallest absolute Gasteiger partial charge is 0.303 e. The normalized spacial score (nSPS) is 43.5. The van der Waals surface area contributed by atoms with Crippen LogP contribution in [0.25, 0.3) is 0 Å². The summed E-state index contributed by atoms with van der Waals surface area (Å²) in [6.45, 7) is 10.8. The summed E-state index contributed by atoms with van der Waals surface area (Å²) in [4.78, 5) is 22.5. The molecule has 0 radical (unpaired) electrons. The molecule has 4 rings (SSSR count). The third kappa shape index (κ3) is 4.69. The Morgan fingerprint density at radius 3 is 2.29 bits per heavy atom. The Balaban J connectivity index is 0.00000132. The molecule has 8 unspecified atom stereocenters. The van der Waals surface area contributed by atoms with Crippen molar-refractivity contribution in [2.75, 3.05) is 0 Å². The van der Waals surface area contributed by atoms with Crippen LogP contribution in [0.4, 0.5) is 0 Å². The van der Waals surface area contributed by atoms with Crippen LogP contribution in [0.15, 0.2) is 0 Å². The highest BCUT2D eigenvalue weighted by molar-refractivity contribution is 5.73. The van der Waals surface area contributed by atoms with Gasteiger partial charge in [-0.1, -0.05) is 27.7 Å². The van der Waals surface area contributed by atoms with Gasteiger partial charge in [-0.25, -0.2) is 0 Å². The maximum Gasteiger partial charge on any atom is 0.303 e. The second-order valence-corrected chi connectivity index (χ2v) is 11.4. The van der Waals surface area contributed by atoms with E-state index in [0.717, 1.165) is 48.9 Å². The quantitative estimate of drug-likeness (QED) is 0.525. The zero-order valence-corrected chi connectivity index (χ0v) is 20.7. The van der Waals surface area contributed by atoms with E-state index in [1.165, 1.54) is 51.4 Å². The van der Waals surface area contributed by atoms with Gasteiger partial charge in [-0.2, -0.15) is 0 Å². The number of hydrogen-bond acceptors (Lipinski definition) is 2. The minimum Gasteiger partial charge on any atom is -0.481 e. The molecule has 0 aromatic heterocycles. The van der Waals surface area contributed by atoms with Gasteiger partial charge in [-0.15, -0.1) is 0 Å². The van der Waals surface area contributed by atoms with Crippen LogP contribution in [-0.4, -0.2) is 23.0 Å². The Morgan fingerprint density at radius 1 is 0.935 bits per heavy atom. The topological polar surface area (TPSA) is 66.4 Å². The molecule has 4 heteroatoms. The van der Waals surface area contributed by atoms with Crippen molar-refractivity contribution in [2.45, 2.75) is 118 Å². The minimum atomic E-state index is -0.644. The molecule has 0 spiro atoms. The molecule has 4 aliphatic rings. The maximum absolute atomic E-state index is 11.5. The Hall–Kier alpha value is -1.06. The lowest BCUT2D eigenvalue weighted by atomic mass is 9.44. The largest absolute Gasteiger partial charge is 0.481 e. The molecule has 0 aromatic rings. The van der Waals surface area contributed by atoms with E-state index in [0.29, 0.717) is 23.3 Å². The Kier molecular flexibility index (Phi) is 7.79. The molecule has 0 heterocycles. The molecule has 0 aliphatic heterocycles. The highest BCUT2D eigenvalue weighted by Crippen LogP contribution is 2.67. The van der Waals surface area contributed by atoms with Crippen molar-refractivity contribution in [3.8, 4) is 0 Å². The highest BCUT2D eigenvalue weighted by atomic mass is 16.4. The Morgan fingerprint density at radius 2 is 1.61 bits per heavy atom. The van der Waals surface area contributed by atoms with Crippen molar-refractivity contribution in [1.82, 2.24) is 5.32 Å². The number of carboxylic acid groups (broad SMARTS) is 1. The van der Waals surface area contributed by atoms with E-state index in [1.54, 1.807) is 6.92 Å². The summed E-state index contributed by atoms with van der Waals surface area (Å²) in [5, 5.41) is 12.2. The van der Waals surface area contributed by atoms with Crippen molar-refractivity contribution >= 4 is 11.9 Å². The molecule has 4 fully saturated rings. The Labute approximate surface area is 190 Å². The maximum atomic E-state index is 11.5. The van der Waals surface area contributed by atoms with E-state index in [4.69, 9.17) is 5.11 Å². The van der Waals surface area contributed by atoms with Gasteiger partial charge < -0.3 is 10.4 Å². The molecule has 8 atom stereocenters. The van der Waals surface area contributed by atoms with E-state index in [2.05, 4.69) is 19.2 Å². The van der Waals surface area contributed by atoms with Gasteiger partial charge in [-0.3, -0.25) is 9.59 Å². The molecular weight excluding hydrogens is 386 g/mol. The number of rotatable bonds is 5. The van der Waals surface area contributed by atoms with E-state index in [9.17, 15) is 9.59 Å².